The number of nitrogens with zero attached hydrogens (tertiary/aromatic N) is 2. The van der Waals surface area contributed by atoms with Crippen LogP contribution in [0.5, 0.6) is 5.75 Å². The SMILES string of the molecule is CCN1CCC(N(C)C(=O)c2ccc(Br)cc2O)CC1. The average molecular weight is 341 g/mol. The van der Waals surface area contributed by atoms with Crippen molar-refractivity contribution in [1.29, 1.82) is 0 Å². The highest BCUT2D eigenvalue weighted by atomic mass is 79.9. The molecule has 1 amide bonds. The number of halogens is 1. The quantitative estimate of drug-likeness (QED) is 0.919. The Morgan fingerprint density at radius 3 is 2.65 bits per heavy atom. The minimum Gasteiger partial charge on any atom is -0.507 e. The number of benzene rings is 1. The van der Waals surface area contributed by atoms with Gasteiger partial charge in [0.25, 0.3) is 5.91 Å². The summed E-state index contributed by atoms with van der Waals surface area (Å²) in [6, 6.07) is 5.26. The topological polar surface area (TPSA) is 43.8 Å². The molecule has 1 aromatic carbocycles. The van der Waals surface area contributed by atoms with Gasteiger partial charge in [-0.25, -0.2) is 0 Å². The van der Waals surface area contributed by atoms with Crippen LogP contribution in [-0.4, -0.2) is 53.5 Å². The van der Waals surface area contributed by atoms with Gasteiger partial charge in [0.2, 0.25) is 0 Å². The third kappa shape index (κ3) is 3.33. The van der Waals surface area contributed by atoms with Crippen molar-refractivity contribution < 1.29 is 9.90 Å². The van der Waals surface area contributed by atoms with Crippen LogP contribution >= 0.6 is 15.9 Å². The maximum Gasteiger partial charge on any atom is 0.257 e. The molecule has 0 aliphatic carbocycles. The van der Waals surface area contributed by atoms with Gasteiger partial charge in [-0.2, -0.15) is 0 Å². The molecule has 5 heteroatoms. The summed E-state index contributed by atoms with van der Waals surface area (Å²) >= 11 is 3.28. The first-order valence-corrected chi connectivity index (χ1v) is 7.80. The molecular weight excluding hydrogens is 320 g/mol. The van der Waals surface area contributed by atoms with Crippen molar-refractivity contribution >= 4 is 21.8 Å². The largest absolute Gasteiger partial charge is 0.507 e. The standard InChI is InChI=1S/C15H21BrN2O2/c1-3-18-8-6-12(7-9-18)17(2)15(20)13-5-4-11(16)10-14(13)19/h4-5,10,12,19H,3,6-9H2,1-2H3. The van der Waals surface area contributed by atoms with Crippen LogP contribution in [0.3, 0.4) is 0 Å². The number of carbonyl (C=O) groups is 1. The second-order valence-corrected chi connectivity index (χ2v) is 6.16. The smallest absolute Gasteiger partial charge is 0.257 e. The molecule has 1 saturated heterocycles. The van der Waals surface area contributed by atoms with E-state index in [0.717, 1.165) is 36.9 Å². The molecule has 1 aliphatic rings. The molecule has 0 unspecified atom stereocenters. The van der Waals surface area contributed by atoms with Crippen molar-refractivity contribution in [2.45, 2.75) is 25.8 Å². The first-order chi connectivity index (χ1) is 9.52. The summed E-state index contributed by atoms with van der Waals surface area (Å²) in [4.78, 5) is 16.6. The number of aromatic hydroxyl groups is 1. The normalized spacial score (nSPS) is 17.1. The van der Waals surface area contributed by atoms with Gasteiger partial charge in [0, 0.05) is 30.7 Å². The Bertz CT molecular complexity index is 485. The third-order valence-electron chi connectivity index (χ3n) is 4.06. The number of hydrogen-bond acceptors (Lipinski definition) is 3. The van der Waals surface area contributed by atoms with E-state index in [-0.39, 0.29) is 17.7 Å². The van der Waals surface area contributed by atoms with E-state index in [4.69, 9.17) is 0 Å². The predicted molar refractivity (Wildman–Crippen MR) is 83.0 cm³/mol. The van der Waals surface area contributed by atoms with Gasteiger partial charge in [0.1, 0.15) is 5.75 Å². The molecule has 1 heterocycles. The van der Waals surface area contributed by atoms with Crippen LogP contribution < -0.4 is 0 Å². The molecule has 1 fully saturated rings. The summed E-state index contributed by atoms with van der Waals surface area (Å²) in [6.45, 7) is 5.29. The lowest BCUT2D eigenvalue weighted by molar-refractivity contribution is 0.0644. The summed E-state index contributed by atoms with van der Waals surface area (Å²) < 4.78 is 0.769. The maximum atomic E-state index is 12.5. The van der Waals surface area contributed by atoms with Crippen LogP contribution in [0.25, 0.3) is 0 Å². The Hall–Kier alpha value is -1.07. The van der Waals surface area contributed by atoms with Crippen LogP contribution in [0.15, 0.2) is 22.7 Å². The summed E-state index contributed by atoms with van der Waals surface area (Å²) in [5, 5.41) is 9.90. The van der Waals surface area contributed by atoms with Crippen LogP contribution in [0.1, 0.15) is 30.1 Å². The van der Waals surface area contributed by atoms with Crippen molar-refractivity contribution in [2.24, 2.45) is 0 Å². The molecule has 1 aromatic rings. The minimum absolute atomic E-state index is 0.0298. The number of carbonyl (C=O) groups excluding carboxylic acids is 1. The number of hydrogen-bond donors (Lipinski definition) is 1. The van der Waals surface area contributed by atoms with Crippen LogP contribution in [-0.2, 0) is 0 Å². The van der Waals surface area contributed by atoms with E-state index in [0.29, 0.717) is 5.56 Å². The molecule has 0 atom stereocenters. The molecule has 1 N–H and O–H groups in total. The van der Waals surface area contributed by atoms with E-state index in [2.05, 4.69) is 27.8 Å². The van der Waals surface area contributed by atoms with E-state index in [9.17, 15) is 9.90 Å². The second kappa shape index (κ2) is 6.59. The van der Waals surface area contributed by atoms with Crippen LogP contribution in [0, 0.1) is 0 Å². The molecule has 110 valence electrons. The van der Waals surface area contributed by atoms with Crippen molar-refractivity contribution in [2.75, 3.05) is 26.7 Å². The van der Waals surface area contributed by atoms with Crippen molar-refractivity contribution in [3.05, 3.63) is 28.2 Å². The molecule has 0 aromatic heterocycles. The number of piperidine rings is 1. The van der Waals surface area contributed by atoms with E-state index in [1.54, 1.807) is 23.1 Å². The third-order valence-corrected chi connectivity index (χ3v) is 4.56. The van der Waals surface area contributed by atoms with Gasteiger partial charge in [-0.3, -0.25) is 4.79 Å². The van der Waals surface area contributed by atoms with E-state index in [1.807, 2.05) is 7.05 Å². The molecule has 0 spiro atoms. The summed E-state index contributed by atoms with van der Waals surface area (Å²) in [5.74, 6) is -0.0767. The Labute approximate surface area is 128 Å². The van der Waals surface area contributed by atoms with Gasteiger partial charge in [-0.15, -0.1) is 0 Å². The van der Waals surface area contributed by atoms with E-state index >= 15 is 0 Å². The molecule has 20 heavy (non-hydrogen) atoms. The zero-order valence-corrected chi connectivity index (χ0v) is 13.6. The summed E-state index contributed by atoms with van der Waals surface area (Å²) in [7, 11) is 1.83. The highest BCUT2D eigenvalue weighted by Crippen LogP contribution is 2.25. The summed E-state index contributed by atoms with van der Waals surface area (Å²) in [6.07, 6.45) is 1.99. The average Bonchev–Trinajstić information content (AvgIpc) is 2.46. The molecule has 2 rings (SSSR count). The number of rotatable bonds is 3. The first-order valence-electron chi connectivity index (χ1n) is 7.01. The Kier molecular flexibility index (Phi) is 5.05. The highest BCUT2D eigenvalue weighted by molar-refractivity contribution is 9.10. The van der Waals surface area contributed by atoms with Gasteiger partial charge in [-0.05, 0) is 37.6 Å². The fourth-order valence-electron chi connectivity index (χ4n) is 2.66. The number of phenolic OH excluding ortho intramolecular Hbond substituents is 1. The number of likely N-dealkylation sites (tertiary alicyclic amines) is 1. The van der Waals surface area contributed by atoms with Gasteiger partial charge >= 0.3 is 0 Å². The zero-order valence-electron chi connectivity index (χ0n) is 12.0. The van der Waals surface area contributed by atoms with Gasteiger partial charge in [0.15, 0.2) is 0 Å². The van der Waals surface area contributed by atoms with Gasteiger partial charge < -0.3 is 14.9 Å². The number of phenols is 1. The monoisotopic (exact) mass is 340 g/mol. The molecule has 4 nitrogen and oxygen atoms in total. The lowest BCUT2D eigenvalue weighted by Gasteiger charge is -2.36. The maximum absolute atomic E-state index is 12.5. The second-order valence-electron chi connectivity index (χ2n) is 5.24. The molecule has 0 saturated carbocycles. The molecular formula is C15H21BrN2O2. The Morgan fingerprint density at radius 2 is 2.10 bits per heavy atom. The lowest BCUT2D eigenvalue weighted by Crippen LogP contribution is -2.45. The zero-order chi connectivity index (χ0) is 14.7. The van der Waals surface area contributed by atoms with E-state index in [1.165, 1.54) is 0 Å². The minimum atomic E-state index is -0.107. The Morgan fingerprint density at radius 1 is 1.45 bits per heavy atom. The van der Waals surface area contributed by atoms with Gasteiger partial charge in [-0.1, -0.05) is 22.9 Å². The van der Waals surface area contributed by atoms with Crippen molar-refractivity contribution in [3.63, 3.8) is 0 Å². The van der Waals surface area contributed by atoms with Gasteiger partial charge in [0.05, 0.1) is 5.56 Å². The van der Waals surface area contributed by atoms with Crippen LogP contribution in [0.2, 0.25) is 0 Å². The lowest BCUT2D eigenvalue weighted by atomic mass is 10.0. The van der Waals surface area contributed by atoms with Crippen LogP contribution in [0.4, 0.5) is 0 Å². The fourth-order valence-corrected chi connectivity index (χ4v) is 3.01. The Balaban J connectivity index is 2.05. The first kappa shape index (κ1) is 15.3. The molecule has 1 aliphatic heterocycles. The summed E-state index contributed by atoms with van der Waals surface area (Å²) in [5.41, 5.74) is 0.369. The number of amides is 1. The predicted octanol–water partition coefficient (Wildman–Crippen LogP) is 2.71. The van der Waals surface area contributed by atoms with E-state index < -0.39 is 0 Å². The fraction of sp³-hybridized carbons (Fsp3) is 0.533. The van der Waals surface area contributed by atoms with Crippen molar-refractivity contribution in [1.82, 2.24) is 9.80 Å². The molecule has 0 bridgehead atoms. The highest BCUT2D eigenvalue weighted by Gasteiger charge is 2.26. The molecule has 0 radical (unpaired) electrons. The van der Waals surface area contributed by atoms with Crippen molar-refractivity contribution in [3.8, 4) is 5.75 Å².